The minimum atomic E-state index is -0.441. The summed E-state index contributed by atoms with van der Waals surface area (Å²) in [6.45, 7) is 7.61. The molecule has 2 rings (SSSR count). The molecule has 0 unspecified atom stereocenters. The molecule has 140 valence electrons. The molecule has 0 aliphatic rings. The minimum absolute atomic E-state index is 0.362. The van der Waals surface area contributed by atoms with Crippen LogP contribution >= 0.6 is 23.2 Å². The lowest BCUT2D eigenvalue weighted by atomic mass is 10.2. The largest absolute Gasteiger partial charge is 0.470 e. The molecule has 0 atom stereocenters. The van der Waals surface area contributed by atoms with E-state index in [2.05, 4.69) is 26.2 Å². The van der Waals surface area contributed by atoms with Gasteiger partial charge in [0.1, 0.15) is 23.5 Å². The second-order valence-corrected chi connectivity index (χ2v) is 7.47. The number of halogens is 2. The molecule has 1 heterocycles. The van der Waals surface area contributed by atoms with Gasteiger partial charge in [-0.1, -0.05) is 29.1 Å². The number of hydrogen-bond donors (Lipinski definition) is 1. The van der Waals surface area contributed by atoms with Crippen LogP contribution in [0.3, 0.4) is 0 Å². The van der Waals surface area contributed by atoms with Gasteiger partial charge in [-0.25, -0.2) is 9.98 Å². The fourth-order valence-corrected chi connectivity index (χ4v) is 2.56. The molecular formula is C20H20Cl2N4O. The second-order valence-electron chi connectivity index (χ2n) is 6.63. The molecule has 1 aromatic heterocycles. The molecule has 0 aliphatic carbocycles. The first-order chi connectivity index (χ1) is 12.7. The van der Waals surface area contributed by atoms with E-state index >= 15 is 0 Å². The zero-order valence-corrected chi connectivity index (χ0v) is 17.1. The molecule has 27 heavy (non-hydrogen) atoms. The summed E-state index contributed by atoms with van der Waals surface area (Å²) in [4.78, 5) is 12.9. The van der Waals surface area contributed by atoms with Gasteiger partial charge in [-0.15, -0.1) is 6.42 Å². The van der Waals surface area contributed by atoms with E-state index in [0.717, 1.165) is 5.70 Å². The molecule has 5 nitrogen and oxygen atoms in total. The molecule has 7 heteroatoms. The molecule has 0 spiro atoms. The van der Waals surface area contributed by atoms with Crippen molar-refractivity contribution in [1.29, 1.82) is 0 Å². The minimum Gasteiger partial charge on any atom is -0.470 e. The van der Waals surface area contributed by atoms with Gasteiger partial charge < -0.3 is 10.1 Å². The summed E-state index contributed by atoms with van der Waals surface area (Å²) in [6.07, 6.45) is 9.92. The van der Waals surface area contributed by atoms with Gasteiger partial charge in [-0.3, -0.25) is 0 Å². The van der Waals surface area contributed by atoms with Crippen LogP contribution in [0.25, 0.3) is 0 Å². The lowest BCUT2D eigenvalue weighted by molar-refractivity contribution is 0.125. The van der Waals surface area contributed by atoms with Crippen LogP contribution in [-0.4, -0.2) is 21.4 Å². The fraction of sp³-hybridized carbons (Fsp3) is 0.250. The molecule has 0 saturated heterocycles. The third-order valence-corrected chi connectivity index (χ3v) is 3.64. The maximum absolute atomic E-state index is 6.37. The van der Waals surface area contributed by atoms with Crippen molar-refractivity contribution in [1.82, 2.24) is 15.3 Å². The van der Waals surface area contributed by atoms with Gasteiger partial charge >= 0.3 is 0 Å². The van der Waals surface area contributed by atoms with Crippen LogP contribution in [0.2, 0.25) is 10.0 Å². The average molecular weight is 403 g/mol. The highest BCUT2D eigenvalue weighted by atomic mass is 35.5. The number of allylic oxidation sites excluding steroid dienone is 2. The first kappa shape index (κ1) is 20.8. The van der Waals surface area contributed by atoms with E-state index in [4.69, 9.17) is 34.4 Å². The summed E-state index contributed by atoms with van der Waals surface area (Å²) in [5.74, 6) is 3.30. The Labute approximate surface area is 169 Å². The van der Waals surface area contributed by atoms with E-state index in [0.29, 0.717) is 33.0 Å². The Kier molecular flexibility index (Phi) is 6.84. The summed E-state index contributed by atoms with van der Waals surface area (Å²) in [5, 5.41) is 4.13. The van der Waals surface area contributed by atoms with Crippen molar-refractivity contribution in [2.75, 3.05) is 0 Å². The van der Waals surface area contributed by atoms with Crippen LogP contribution in [-0.2, 0) is 0 Å². The summed E-state index contributed by atoms with van der Waals surface area (Å²) in [6, 6.07) is 5.14. The predicted molar refractivity (Wildman–Crippen MR) is 111 cm³/mol. The Morgan fingerprint density at radius 3 is 2.70 bits per heavy atom. The number of terminal acetylenes is 1. The number of amidine groups is 1. The van der Waals surface area contributed by atoms with Crippen molar-refractivity contribution in [3.63, 3.8) is 0 Å². The van der Waals surface area contributed by atoms with Crippen molar-refractivity contribution < 1.29 is 4.74 Å². The summed E-state index contributed by atoms with van der Waals surface area (Å²) < 4.78 is 5.88. The molecule has 0 fully saturated rings. The average Bonchev–Trinajstić information content (AvgIpc) is 2.55. The molecule has 0 radical (unpaired) electrons. The number of hydrogen-bond acceptors (Lipinski definition) is 4. The SMILES string of the molecule is C#C/C=C(\C)NC(=Nc1cncnc1OC(C)(C)C)c1ccc(Cl)cc1Cl. The maximum atomic E-state index is 6.37. The third kappa shape index (κ3) is 6.28. The van der Waals surface area contributed by atoms with Crippen molar-refractivity contribution in [2.24, 2.45) is 4.99 Å². The molecule has 0 amide bonds. The topological polar surface area (TPSA) is 59.4 Å². The van der Waals surface area contributed by atoms with Gasteiger partial charge in [-0.05, 0) is 45.9 Å². The van der Waals surface area contributed by atoms with Gasteiger partial charge in [-0.2, -0.15) is 4.98 Å². The number of aromatic nitrogens is 2. The lowest BCUT2D eigenvalue weighted by Crippen LogP contribution is -2.24. The Morgan fingerprint density at radius 2 is 2.07 bits per heavy atom. The highest BCUT2D eigenvalue weighted by Gasteiger charge is 2.17. The number of rotatable bonds is 4. The zero-order chi connectivity index (χ0) is 20.0. The second kappa shape index (κ2) is 8.90. The van der Waals surface area contributed by atoms with E-state index in [9.17, 15) is 0 Å². The number of ether oxygens (including phenoxy) is 1. The monoisotopic (exact) mass is 402 g/mol. The van der Waals surface area contributed by atoms with Crippen LogP contribution in [0.15, 0.2) is 47.5 Å². The van der Waals surface area contributed by atoms with Gasteiger partial charge in [0.15, 0.2) is 0 Å². The van der Waals surface area contributed by atoms with Crippen molar-refractivity contribution in [2.45, 2.75) is 33.3 Å². The molecule has 2 aromatic rings. The Morgan fingerprint density at radius 1 is 1.33 bits per heavy atom. The van der Waals surface area contributed by atoms with Gasteiger partial charge in [0, 0.05) is 22.4 Å². The summed E-state index contributed by atoms with van der Waals surface area (Å²) in [7, 11) is 0. The van der Waals surface area contributed by atoms with Crippen LogP contribution in [0.1, 0.15) is 33.3 Å². The fourth-order valence-electron chi connectivity index (χ4n) is 2.06. The first-order valence-electron chi connectivity index (χ1n) is 8.12. The van der Waals surface area contributed by atoms with Gasteiger partial charge in [0.25, 0.3) is 0 Å². The van der Waals surface area contributed by atoms with E-state index in [-0.39, 0.29) is 0 Å². The van der Waals surface area contributed by atoms with E-state index in [1.165, 1.54) is 6.33 Å². The van der Waals surface area contributed by atoms with Crippen LogP contribution in [0.4, 0.5) is 5.69 Å². The smallest absolute Gasteiger partial charge is 0.243 e. The number of nitrogens with zero attached hydrogens (tertiary/aromatic N) is 3. The zero-order valence-electron chi connectivity index (χ0n) is 15.5. The number of benzene rings is 1. The Bertz CT molecular complexity index is 924. The van der Waals surface area contributed by atoms with E-state index in [1.807, 2.05) is 27.7 Å². The summed E-state index contributed by atoms with van der Waals surface area (Å²) in [5.41, 5.74) is 1.38. The van der Waals surface area contributed by atoms with E-state index in [1.54, 1.807) is 30.5 Å². The molecule has 1 aromatic carbocycles. The first-order valence-corrected chi connectivity index (χ1v) is 8.88. The van der Waals surface area contributed by atoms with E-state index < -0.39 is 5.60 Å². The Hall–Kier alpha value is -2.55. The molecule has 0 bridgehead atoms. The number of aliphatic imine (C=N–C) groups is 1. The quantitative estimate of drug-likeness (QED) is 0.435. The van der Waals surface area contributed by atoms with Gasteiger partial charge in [0.2, 0.25) is 5.88 Å². The molecule has 0 saturated carbocycles. The predicted octanol–water partition coefficient (Wildman–Crippen LogP) is 5.17. The maximum Gasteiger partial charge on any atom is 0.243 e. The van der Waals surface area contributed by atoms with Crippen molar-refractivity contribution in [3.8, 4) is 18.2 Å². The standard InChI is InChI=1S/C20H20Cl2N4O/c1-6-7-13(2)25-18(15-9-8-14(21)10-16(15)22)26-17-11-23-12-24-19(17)27-20(3,4)5/h1,7-12H,2-5H3,(H,25,26)/b13-7+. The van der Waals surface area contributed by atoms with Crippen molar-refractivity contribution >= 4 is 34.7 Å². The Balaban J connectivity index is 2.57. The van der Waals surface area contributed by atoms with Crippen LogP contribution in [0, 0.1) is 12.3 Å². The number of nitrogens with one attached hydrogen (secondary N) is 1. The highest BCUT2D eigenvalue weighted by molar-refractivity contribution is 6.37. The third-order valence-electron chi connectivity index (χ3n) is 3.09. The molecular weight excluding hydrogens is 383 g/mol. The van der Waals surface area contributed by atoms with Crippen LogP contribution < -0.4 is 10.1 Å². The normalized spacial score (nSPS) is 12.5. The molecule has 0 aliphatic heterocycles. The lowest BCUT2D eigenvalue weighted by Gasteiger charge is -2.21. The van der Waals surface area contributed by atoms with Crippen molar-refractivity contribution in [3.05, 3.63) is 58.1 Å². The molecule has 1 N–H and O–H groups in total. The highest BCUT2D eigenvalue weighted by Crippen LogP contribution is 2.29. The summed E-state index contributed by atoms with van der Waals surface area (Å²) >= 11 is 12.4. The van der Waals surface area contributed by atoms with Gasteiger partial charge in [0.05, 0.1) is 11.2 Å². The van der Waals surface area contributed by atoms with Crippen LogP contribution in [0.5, 0.6) is 5.88 Å².